The van der Waals surface area contributed by atoms with E-state index in [1.807, 2.05) is 19.9 Å². The van der Waals surface area contributed by atoms with Crippen LogP contribution >= 0.6 is 0 Å². The minimum atomic E-state index is -0.512. The monoisotopic (exact) mass is 458 g/mol. The molecule has 180 valence electrons. The number of rotatable bonds is 10. The summed E-state index contributed by atoms with van der Waals surface area (Å²) in [6.07, 6.45) is 9.12. The van der Waals surface area contributed by atoms with Crippen molar-refractivity contribution in [3.05, 3.63) is 45.6 Å². The van der Waals surface area contributed by atoms with E-state index in [0.717, 1.165) is 50.0 Å². The molecule has 0 radical (unpaired) electrons. The molecular weight excluding hydrogens is 424 g/mol. The van der Waals surface area contributed by atoms with Gasteiger partial charge in [-0.1, -0.05) is 23.3 Å². The molecule has 0 atom stereocenters. The molecule has 2 aliphatic rings. The van der Waals surface area contributed by atoms with E-state index in [1.165, 1.54) is 5.57 Å². The highest BCUT2D eigenvalue weighted by Crippen LogP contribution is 2.42. The standard InChI is InChI=1S/C26H34O7/c1-17(9-11-22(27)32-14-5-7-19-6-4-13-31-15-12-19)8-10-20-24(28)23-21(16-33-26(23)29)18(2)25(20)30-3/h6,8,28H,4-5,7,9-16H2,1-3H3/b17-8+. The van der Waals surface area contributed by atoms with E-state index in [0.29, 0.717) is 42.7 Å². The largest absolute Gasteiger partial charge is 0.507 e. The van der Waals surface area contributed by atoms with Crippen molar-refractivity contribution >= 4 is 11.9 Å². The molecule has 0 bridgehead atoms. The molecule has 0 unspecified atom stereocenters. The van der Waals surface area contributed by atoms with Crippen molar-refractivity contribution < 1.29 is 33.6 Å². The van der Waals surface area contributed by atoms with E-state index >= 15 is 0 Å². The van der Waals surface area contributed by atoms with Crippen molar-refractivity contribution in [2.75, 3.05) is 26.9 Å². The van der Waals surface area contributed by atoms with E-state index in [1.54, 1.807) is 7.11 Å². The lowest BCUT2D eigenvalue weighted by Gasteiger charge is -2.15. The SMILES string of the molecule is COc1c(C)c2c(c(O)c1C/C=C(\C)CCC(=O)OCCCC1=CCCOCC1)C(=O)OC2. The summed E-state index contributed by atoms with van der Waals surface area (Å²) in [6, 6.07) is 0. The number of ether oxygens (including phenoxy) is 4. The first-order valence-electron chi connectivity index (χ1n) is 11.6. The summed E-state index contributed by atoms with van der Waals surface area (Å²) >= 11 is 0. The van der Waals surface area contributed by atoms with Crippen molar-refractivity contribution in [1.29, 1.82) is 0 Å². The Morgan fingerprint density at radius 3 is 2.88 bits per heavy atom. The number of carbonyl (C=O) groups excluding carboxylic acids is 2. The lowest BCUT2D eigenvalue weighted by molar-refractivity contribution is -0.143. The van der Waals surface area contributed by atoms with Gasteiger partial charge in [0.1, 0.15) is 23.7 Å². The highest BCUT2D eigenvalue weighted by Gasteiger charge is 2.31. The molecule has 0 amide bonds. The number of aromatic hydroxyl groups is 1. The van der Waals surface area contributed by atoms with Gasteiger partial charge in [0.05, 0.1) is 26.9 Å². The first-order chi connectivity index (χ1) is 15.9. The molecule has 0 spiro atoms. The Morgan fingerprint density at radius 1 is 1.27 bits per heavy atom. The minimum absolute atomic E-state index is 0.0891. The highest BCUT2D eigenvalue weighted by atomic mass is 16.5. The Bertz CT molecular complexity index is 943. The molecule has 1 N–H and O–H groups in total. The Kier molecular flexibility index (Phi) is 8.95. The van der Waals surface area contributed by atoms with Crippen molar-refractivity contribution in [2.24, 2.45) is 0 Å². The molecule has 7 nitrogen and oxygen atoms in total. The number of phenols is 1. The zero-order valence-electron chi connectivity index (χ0n) is 19.8. The summed E-state index contributed by atoms with van der Waals surface area (Å²) < 4.78 is 21.4. The molecule has 2 aliphatic heterocycles. The Labute approximate surface area is 195 Å². The van der Waals surface area contributed by atoms with Crippen LogP contribution in [0.25, 0.3) is 0 Å². The third-order valence-corrected chi connectivity index (χ3v) is 6.19. The normalized spacial score (nSPS) is 16.0. The maximum atomic E-state index is 12.1. The van der Waals surface area contributed by atoms with E-state index in [-0.39, 0.29) is 23.9 Å². The zero-order valence-corrected chi connectivity index (χ0v) is 19.8. The number of phenolic OH excluding ortho intramolecular Hbond substituents is 1. The predicted octanol–water partition coefficient (Wildman–Crippen LogP) is 4.71. The maximum Gasteiger partial charge on any atom is 0.342 e. The fourth-order valence-corrected chi connectivity index (χ4v) is 4.24. The van der Waals surface area contributed by atoms with Gasteiger partial charge in [0.15, 0.2) is 0 Å². The number of methoxy groups -OCH3 is 1. The van der Waals surface area contributed by atoms with Gasteiger partial charge < -0.3 is 24.1 Å². The average molecular weight is 459 g/mol. The van der Waals surface area contributed by atoms with Gasteiger partial charge in [0.2, 0.25) is 0 Å². The summed E-state index contributed by atoms with van der Waals surface area (Å²) in [5.41, 5.74) is 4.63. The van der Waals surface area contributed by atoms with Gasteiger partial charge >= 0.3 is 11.9 Å². The van der Waals surface area contributed by atoms with Gasteiger partial charge in [-0.3, -0.25) is 4.79 Å². The molecule has 0 saturated heterocycles. The number of carbonyl (C=O) groups is 2. The maximum absolute atomic E-state index is 12.1. The van der Waals surface area contributed by atoms with Gasteiger partial charge in [0.25, 0.3) is 0 Å². The van der Waals surface area contributed by atoms with E-state index < -0.39 is 5.97 Å². The van der Waals surface area contributed by atoms with Crippen LogP contribution in [0.1, 0.15) is 72.5 Å². The Balaban J connectivity index is 1.48. The van der Waals surface area contributed by atoms with Crippen LogP contribution in [-0.2, 0) is 32.0 Å². The fraction of sp³-hybridized carbons (Fsp3) is 0.538. The zero-order chi connectivity index (χ0) is 23.8. The second-order valence-corrected chi connectivity index (χ2v) is 8.51. The minimum Gasteiger partial charge on any atom is -0.507 e. The van der Waals surface area contributed by atoms with Crippen LogP contribution in [0.4, 0.5) is 0 Å². The molecule has 0 fully saturated rings. The first kappa shape index (κ1) is 24.8. The molecule has 33 heavy (non-hydrogen) atoms. The molecule has 0 aromatic heterocycles. The number of cyclic esters (lactones) is 1. The second-order valence-electron chi connectivity index (χ2n) is 8.51. The van der Waals surface area contributed by atoms with Crippen molar-refractivity contribution in [1.82, 2.24) is 0 Å². The topological polar surface area (TPSA) is 91.3 Å². The quantitative estimate of drug-likeness (QED) is 0.308. The molecule has 0 aliphatic carbocycles. The third kappa shape index (κ3) is 6.38. The first-order valence-corrected chi connectivity index (χ1v) is 11.6. The molecule has 1 aromatic rings. The summed E-state index contributed by atoms with van der Waals surface area (Å²) in [4.78, 5) is 24.1. The second kappa shape index (κ2) is 11.9. The van der Waals surface area contributed by atoms with Crippen LogP contribution in [-0.4, -0.2) is 44.0 Å². The molecule has 7 heteroatoms. The smallest absolute Gasteiger partial charge is 0.342 e. The Hall–Kier alpha value is -2.80. The van der Waals surface area contributed by atoms with Crippen LogP contribution in [0.2, 0.25) is 0 Å². The summed E-state index contributed by atoms with van der Waals surface area (Å²) in [5, 5.41) is 10.7. The van der Waals surface area contributed by atoms with Gasteiger partial charge in [-0.2, -0.15) is 0 Å². The third-order valence-electron chi connectivity index (χ3n) is 6.19. The van der Waals surface area contributed by atoms with Crippen LogP contribution in [0.15, 0.2) is 23.3 Å². The molecule has 1 aromatic carbocycles. The molecular formula is C26H34O7. The summed E-state index contributed by atoms with van der Waals surface area (Å²) in [5.74, 6) is -0.254. The van der Waals surface area contributed by atoms with E-state index in [2.05, 4.69) is 6.08 Å². The van der Waals surface area contributed by atoms with E-state index in [9.17, 15) is 14.7 Å². The molecule has 2 heterocycles. The number of hydrogen-bond acceptors (Lipinski definition) is 7. The fourth-order valence-electron chi connectivity index (χ4n) is 4.24. The van der Waals surface area contributed by atoms with Gasteiger partial charge in [-0.25, -0.2) is 4.79 Å². The van der Waals surface area contributed by atoms with Crippen molar-refractivity contribution in [3.8, 4) is 11.5 Å². The lowest BCUT2D eigenvalue weighted by atomic mass is 9.94. The number of esters is 2. The van der Waals surface area contributed by atoms with Crippen LogP contribution < -0.4 is 4.74 Å². The Morgan fingerprint density at radius 2 is 2.09 bits per heavy atom. The van der Waals surface area contributed by atoms with Crippen LogP contribution in [0.5, 0.6) is 11.5 Å². The van der Waals surface area contributed by atoms with Gasteiger partial charge in [-0.05, 0) is 57.9 Å². The highest BCUT2D eigenvalue weighted by molar-refractivity contribution is 5.98. The van der Waals surface area contributed by atoms with Gasteiger partial charge in [-0.15, -0.1) is 0 Å². The average Bonchev–Trinajstić information content (AvgIpc) is 3.01. The number of allylic oxidation sites excluding steroid dienone is 2. The van der Waals surface area contributed by atoms with Crippen LogP contribution in [0, 0.1) is 6.92 Å². The lowest BCUT2D eigenvalue weighted by Crippen LogP contribution is -2.06. The summed E-state index contributed by atoms with van der Waals surface area (Å²) in [7, 11) is 1.54. The molecule has 0 saturated carbocycles. The number of fused-ring (bicyclic) bond motifs is 1. The summed E-state index contributed by atoms with van der Waals surface area (Å²) in [6.45, 7) is 5.93. The number of hydrogen-bond donors (Lipinski definition) is 1. The molecule has 3 rings (SSSR count). The van der Waals surface area contributed by atoms with E-state index in [4.69, 9.17) is 18.9 Å². The number of benzene rings is 1. The predicted molar refractivity (Wildman–Crippen MR) is 124 cm³/mol. The van der Waals surface area contributed by atoms with Gasteiger partial charge in [0, 0.05) is 17.5 Å². The van der Waals surface area contributed by atoms with Crippen molar-refractivity contribution in [2.45, 2.75) is 65.4 Å². The van der Waals surface area contributed by atoms with Crippen LogP contribution in [0.3, 0.4) is 0 Å². The van der Waals surface area contributed by atoms with Crippen molar-refractivity contribution in [3.63, 3.8) is 0 Å².